The van der Waals surface area contributed by atoms with E-state index in [9.17, 15) is 5.26 Å². The van der Waals surface area contributed by atoms with Crippen LogP contribution in [0.15, 0.2) is 182 Å². The summed E-state index contributed by atoms with van der Waals surface area (Å²) in [5.74, 6) is 1.79. The van der Waals surface area contributed by atoms with Gasteiger partial charge in [-0.1, -0.05) is 158 Å². The van der Waals surface area contributed by atoms with Gasteiger partial charge in [-0.05, 0) is 68.8 Å². The molecule has 0 atom stereocenters. The maximum absolute atomic E-state index is 9.64. The largest absolute Gasteiger partial charge is 0.208 e. The molecular weight excluding hydrogens is 621 g/mol. The second-order valence-corrected chi connectivity index (χ2v) is 12.7. The van der Waals surface area contributed by atoms with E-state index >= 15 is 0 Å². The lowest BCUT2D eigenvalue weighted by molar-refractivity contribution is 0.768. The molecule has 7 aromatic carbocycles. The molecule has 4 nitrogen and oxygen atoms in total. The fourth-order valence-electron chi connectivity index (χ4n) is 7.57. The van der Waals surface area contributed by atoms with Crippen molar-refractivity contribution in [1.29, 1.82) is 5.26 Å². The van der Waals surface area contributed by atoms with Crippen molar-refractivity contribution in [2.75, 3.05) is 0 Å². The Morgan fingerprint density at radius 1 is 0.373 bits per heavy atom. The number of hydrogen-bond acceptors (Lipinski definition) is 4. The van der Waals surface area contributed by atoms with Crippen molar-refractivity contribution >= 4 is 0 Å². The lowest BCUT2D eigenvalue weighted by atomic mass is 9.67. The third-order valence-corrected chi connectivity index (χ3v) is 9.86. The van der Waals surface area contributed by atoms with Gasteiger partial charge in [0.25, 0.3) is 0 Å². The van der Waals surface area contributed by atoms with Gasteiger partial charge in [-0.2, -0.15) is 5.26 Å². The Balaban J connectivity index is 1.41. The molecule has 0 saturated heterocycles. The molecule has 0 fully saturated rings. The highest BCUT2D eigenvalue weighted by Crippen LogP contribution is 2.57. The van der Waals surface area contributed by atoms with Gasteiger partial charge in [0.15, 0.2) is 17.5 Å². The first-order valence-electron chi connectivity index (χ1n) is 17.0. The fourth-order valence-corrected chi connectivity index (χ4v) is 7.57. The van der Waals surface area contributed by atoms with Crippen molar-refractivity contribution in [1.82, 2.24) is 15.0 Å². The Hall–Kier alpha value is -6.96. The summed E-state index contributed by atoms with van der Waals surface area (Å²) in [5.41, 5.74) is 11.8. The second kappa shape index (κ2) is 12.5. The molecule has 0 aliphatic heterocycles. The highest BCUT2D eigenvalue weighted by Gasteiger charge is 2.46. The van der Waals surface area contributed by atoms with Crippen LogP contribution in [0.25, 0.3) is 56.4 Å². The zero-order valence-corrected chi connectivity index (χ0v) is 27.6. The van der Waals surface area contributed by atoms with E-state index in [0.29, 0.717) is 23.0 Å². The van der Waals surface area contributed by atoms with Crippen LogP contribution >= 0.6 is 0 Å². The van der Waals surface area contributed by atoms with Crippen molar-refractivity contribution in [2.45, 2.75) is 5.41 Å². The minimum absolute atomic E-state index is 0.579. The van der Waals surface area contributed by atoms with Crippen molar-refractivity contribution < 1.29 is 0 Å². The summed E-state index contributed by atoms with van der Waals surface area (Å²) in [5, 5.41) is 9.64. The van der Waals surface area contributed by atoms with E-state index in [-0.39, 0.29) is 0 Å². The Kier molecular flexibility index (Phi) is 7.38. The summed E-state index contributed by atoms with van der Waals surface area (Å²) in [4.78, 5) is 15.4. The monoisotopic (exact) mass is 650 g/mol. The van der Waals surface area contributed by atoms with Crippen molar-refractivity contribution in [3.8, 4) is 62.5 Å². The summed E-state index contributed by atoms with van der Waals surface area (Å²) in [6.07, 6.45) is 0. The molecule has 8 aromatic rings. The van der Waals surface area contributed by atoms with E-state index in [2.05, 4.69) is 103 Å². The molecule has 0 saturated carbocycles. The van der Waals surface area contributed by atoms with E-state index in [1.165, 1.54) is 22.3 Å². The van der Waals surface area contributed by atoms with Crippen LogP contribution < -0.4 is 0 Å². The molecule has 0 radical (unpaired) electrons. The summed E-state index contributed by atoms with van der Waals surface area (Å²) >= 11 is 0. The van der Waals surface area contributed by atoms with E-state index in [4.69, 9.17) is 15.0 Å². The molecule has 1 aliphatic carbocycles. The Morgan fingerprint density at radius 3 is 1.41 bits per heavy atom. The molecule has 0 bridgehead atoms. The fraction of sp³-hybridized carbons (Fsp3) is 0.0213. The predicted molar refractivity (Wildman–Crippen MR) is 204 cm³/mol. The standard InChI is InChI=1S/C47H30N4/c48-31-32-25-27-33(28-26-32)39-29-40-38-23-13-14-24-42(38)47(36-19-9-3-10-20-36,37-21-11-4-12-22-37)43(40)30-41(39)46-50-44(34-15-5-1-6-16-34)49-45(51-46)35-17-7-2-8-18-35/h1-30H. The van der Waals surface area contributed by atoms with Crippen LogP contribution in [0.1, 0.15) is 27.8 Å². The number of aromatic nitrogens is 3. The van der Waals surface area contributed by atoms with Gasteiger partial charge in [0.1, 0.15) is 0 Å². The van der Waals surface area contributed by atoms with Crippen molar-refractivity contribution in [3.05, 3.63) is 210 Å². The SMILES string of the molecule is N#Cc1ccc(-c2cc3c(cc2-c2nc(-c4ccccc4)nc(-c4ccccc4)n2)C(c2ccccc2)(c2ccccc2)c2ccccc2-3)cc1. The first-order valence-corrected chi connectivity index (χ1v) is 17.0. The molecule has 0 N–H and O–H groups in total. The first kappa shape index (κ1) is 30.1. The van der Waals surface area contributed by atoms with E-state index in [1.54, 1.807) is 0 Å². The molecule has 51 heavy (non-hydrogen) atoms. The first-order chi connectivity index (χ1) is 25.2. The third-order valence-electron chi connectivity index (χ3n) is 9.86. The molecule has 0 amide bonds. The highest BCUT2D eigenvalue weighted by atomic mass is 15.0. The quantitative estimate of drug-likeness (QED) is 0.180. The average molecular weight is 651 g/mol. The van der Waals surface area contributed by atoms with Crippen LogP contribution in [0.4, 0.5) is 0 Å². The molecule has 1 aliphatic rings. The van der Waals surface area contributed by atoms with E-state index in [0.717, 1.165) is 38.9 Å². The maximum atomic E-state index is 9.64. The van der Waals surface area contributed by atoms with Gasteiger partial charge >= 0.3 is 0 Å². The van der Waals surface area contributed by atoms with Crippen LogP contribution in [-0.4, -0.2) is 15.0 Å². The number of benzene rings is 7. The molecular formula is C47H30N4. The number of hydrogen-bond donors (Lipinski definition) is 0. The Bertz CT molecular complexity index is 2460. The van der Waals surface area contributed by atoms with Crippen LogP contribution in [0.2, 0.25) is 0 Å². The average Bonchev–Trinajstić information content (AvgIpc) is 3.51. The zero-order chi connectivity index (χ0) is 34.2. The smallest absolute Gasteiger partial charge is 0.164 e. The number of nitriles is 1. The zero-order valence-electron chi connectivity index (χ0n) is 27.6. The van der Waals surface area contributed by atoms with E-state index < -0.39 is 5.41 Å². The topological polar surface area (TPSA) is 62.5 Å². The van der Waals surface area contributed by atoms with Gasteiger partial charge in [-0.15, -0.1) is 0 Å². The van der Waals surface area contributed by atoms with Crippen LogP contribution in [-0.2, 0) is 5.41 Å². The third kappa shape index (κ3) is 5.03. The van der Waals surface area contributed by atoms with Crippen molar-refractivity contribution in [2.24, 2.45) is 0 Å². The summed E-state index contributed by atoms with van der Waals surface area (Å²) in [7, 11) is 0. The minimum atomic E-state index is -0.593. The lowest BCUT2D eigenvalue weighted by Crippen LogP contribution is -2.28. The molecule has 0 spiro atoms. The predicted octanol–water partition coefficient (Wildman–Crippen LogP) is 10.8. The Morgan fingerprint density at radius 2 is 0.863 bits per heavy atom. The summed E-state index contributed by atoms with van der Waals surface area (Å²) < 4.78 is 0. The number of fused-ring (bicyclic) bond motifs is 3. The summed E-state index contributed by atoms with van der Waals surface area (Å²) in [6, 6.07) is 65.1. The van der Waals surface area contributed by atoms with Gasteiger partial charge in [-0.3, -0.25) is 0 Å². The summed E-state index contributed by atoms with van der Waals surface area (Å²) in [6.45, 7) is 0. The molecule has 0 unspecified atom stereocenters. The van der Waals surface area contributed by atoms with Crippen LogP contribution in [0, 0.1) is 11.3 Å². The van der Waals surface area contributed by atoms with Crippen LogP contribution in [0.3, 0.4) is 0 Å². The van der Waals surface area contributed by atoms with Crippen LogP contribution in [0.5, 0.6) is 0 Å². The normalized spacial score (nSPS) is 12.5. The molecule has 1 aromatic heterocycles. The van der Waals surface area contributed by atoms with Gasteiger partial charge in [0.05, 0.1) is 17.0 Å². The van der Waals surface area contributed by atoms with Gasteiger partial charge in [0, 0.05) is 16.7 Å². The molecule has 1 heterocycles. The van der Waals surface area contributed by atoms with E-state index in [1.807, 2.05) is 84.9 Å². The molecule has 4 heteroatoms. The maximum Gasteiger partial charge on any atom is 0.164 e. The Labute approximate surface area is 297 Å². The lowest BCUT2D eigenvalue weighted by Gasteiger charge is -2.34. The minimum Gasteiger partial charge on any atom is -0.208 e. The van der Waals surface area contributed by atoms with Gasteiger partial charge in [0.2, 0.25) is 0 Å². The van der Waals surface area contributed by atoms with Crippen molar-refractivity contribution in [3.63, 3.8) is 0 Å². The number of nitrogens with zero attached hydrogens (tertiary/aromatic N) is 4. The van der Waals surface area contributed by atoms with Gasteiger partial charge < -0.3 is 0 Å². The molecule has 238 valence electrons. The highest BCUT2D eigenvalue weighted by molar-refractivity contribution is 5.94. The molecule has 9 rings (SSSR count). The van der Waals surface area contributed by atoms with Gasteiger partial charge in [-0.25, -0.2) is 15.0 Å². The second-order valence-electron chi connectivity index (χ2n) is 12.7. The number of rotatable bonds is 6.